The predicted octanol–water partition coefficient (Wildman–Crippen LogP) is 0.810. The second-order valence-electron chi connectivity index (χ2n) is 9.02. The van der Waals surface area contributed by atoms with E-state index in [1.54, 1.807) is 19.3 Å². The molecule has 1 saturated heterocycles. The molecule has 1 aromatic heterocycles. The highest BCUT2D eigenvalue weighted by molar-refractivity contribution is 5.94. The number of carbonyl (C=O) groups is 3. The van der Waals surface area contributed by atoms with Crippen molar-refractivity contribution >= 4 is 18.3 Å². The molecule has 9 nitrogen and oxygen atoms in total. The van der Waals surface area contributed by atoms with Crippen LogP contribution in [0, 0.1) is 5.92 Å². The van der Waals surface area contributed by atoms with Gasteiger partial charge in [0.2, 0.25) is 11.5 Å². The third kappa shape index (κ3) is 6.54. The molecule has 2 aliphatic rings. The van der Waals surface area contributed by atoms with Gasteiger partial charge in [0.05, 0.1) is 11.5 Å². The molecule has 1 aliphatic carbocycles. The number of hydrogen-bond donors (Lipinski definition) is 3. The number of amides is 2. The molecule has 4 rings (SSSR count). The Labute approximate surface area is 198 Å². The highest BCUT2D eigenvalue weighted by Gasteiger charge is 2.30. The van der Waals surface area contributed by atoms with Crippen LogP contribution in [-0.2, 0) is 29.5 Å². The third-order valence-corrected chi connectivity index (χ3v) is 6.38. The van der Waals surface area contributed by atoms with E-state index in [0.29, 0.717) is 18.7 Å². The number of aryl methyl sites for hydroxylation is 1. The Morgan fingerprint density at radius 3 is 2.24 bits per heavy atom. The number of carboxylic acid groups (broad SMARTS) is 1. The molecule has 0 radical (unpaired) electrons. The molecule has 1 fully saturated rings. The summed E-state index contributed by atoms with van der Waals surface area (Å²) in [4.78, 5) is 47.6. The van der Waals surface area contributed by atoms with Crippen LogP contribution in [0.25, 0.3) is 0 Å². The van der Waals surface area contributed by atoms with Crippen LogP contribution in [-0.4, -0.2) is 65.1 Å². The van der Waals surface area contributed by atoms with E-state index < -0.39 is 0 Å². The van der Waals surface area contributed by atoms with E-state index >= 15 is 0 Å². The highest BCUT2D eigenvalue weighted by atomic mass is 16.3. The summed E-state index contributed by atoms with van der Waals surface area (Å²) < 4.78 is 1.40. The van der Waals surface area contributed by atoms with Crippen molar-refractivity contribution in [3.05, 3.63) is 69.6 Å². The molecule has 182 valence electrons. The first-order chi connectivity index (χ1) is 16.3. The SMILES string of the molecule is CN1C[C@@H](NC(=O)c2ccc(=O)n(C)c2)CC[C@@H](C(=O)NC2Cc3ccccc3C2)C1.O=CO. The van der Waals surface area contributed by atoms with Gasteiger partial charge in [-0.2, -0.15) is 0 Å². The number of likely N-dealkylation sites (N-methyl/N-ethyl adjacent to an activating group) is 1. The quantitative estimate of drug-likeness (QED) is 0.571. The minimum absolute atomic E-state index is 0.0386. The van der Waals surface area contributed by atoms with Gasteiger partial charge in [-0.05, 0) is 49.9 Å². The van der Waals surface area contributed by atoms with Crippen molar-refractivity contribution in [1.29, 1.82) is 0 Å². The normalized spacial score (nSPS) is 20.3. The van der Waals surface area contributed by atoms with Gasteiger partial charge >= 0.3 is 0 Å². The molecule has 34 heavy (non-hydrogen) atoms. The Morgan fingerprint density at radius 1 is 0.971 bits per heavy atom. The van der Waals surface area contributed by atoms with E-state index in [4.69, 9.17) is 9.90 Å². The molecular weight excluding hydrogens is 436 g/mol. The Kier molecular flexibility index (Phi) is 8.59. The van der Waals surface area contributed by atoms with Crippen LogP contribution in [0.4, 0.5) is 0 Å². The third-order valence-electron chi connectivity index (χ3n) is 6.38. The number of nitrogens with zero attached hydrogens (tertiary/aromatic N) is 2. The fourth-order valence-electron chi connectivity index (χ4n) is 4.72. The summed E-state index contributed by atoms with van der Waals surface area (Å²) in [7, 11) is 3.62. The van der Waals surface area contributed by atoms with Crippen molar-refractivity contribution in [2.75, 3.05) is 20.1 Å². The van der Waals surface area contributed by atoms with Gasteiger partial charge in [0, 0.05) is 44.5 Å². The van der Waals surface area contributed by atoms with Crippen LogP contribution >= 0.6 is 0 Å². The van der Waals surface area contributed by atoms with Crippen molar-refractivity contribution in [3.8, 4) is 0 Å². The summed E-state index contributed by atoms with van der Waals surface area (Å²) in [5.74, 6) is -0.177. The summed E-state index contributed by atoms with van der Waals surface area (Å²) in [6.45, 7) is 1.12. The van der Waals surface area contributed by atoms with Crippen LogP contribution in [0.15, 0.2) is 47.4 Å². The molecule has 2 amide bonds. The molecule has 0 saturated carbocycles. The van der Waals surface area contributed by atoms with E-state index in [1.807, 2.05) is 19.2 Å². The second-order valence-corrected chi connectivity index (χ2v) is 9.02. The summed E-state index contributed by atoms with van der Waals surface area (Å²) in [5.41, 5.74) is 2.97. The zero-order valence-electron chi connectivity index (χ0n) is 19.6. The van der Waals surface area contributed by atoms with Gasteiger partial charge in [-0.15, -0.1) is 0 Å². The van der Waals surface area contributed by atoms with Gasteiger partial charge in [0.25, 0.3) is 12.4 Å². The summed E-state index contributed by atoms with van der Waals surface area (Å²) in [6, 6.07) is 11.4. The number of rotatable bonds is 4. The lowest BCUT2D eigenvalue weighted by Gasteiger charge is -2.22. The van der Waals surface area contributed by atoms with Crippen molar-refractivity contribution in [2.45, 2.75) is 37.8 Å². The Hall–Kier alpha value is -3.46. The van der Waals surface area contributed by atoms with Gasteiger partial charge in [0.1, 0.15) is 0 Å². The molecule has 0 bridgehead atoms. The predicted molar refractivity (Wildman–Crippen MR) is 128 cm³/mol. The van der Waals surface area contributed by atoms with Crippen molar-refractivity contribution in [1.82, 2.24) is 20.1 Å². The van der Waals surface area contributed by atoms with Crippen LogP contribution in [0.5, 0.6) is 0 Å². The first kappa shape index (κ1) is 25.2. The monoisotopic (exact) mass is 468 g/mol. The smallest absolute Gasteiger partial charge is 0.290 e. The van der Waals surface area contributed by atoms with E-state index in [-0.39, 0.29) is 41.8 Å². The maximum Gasteiger partial charge on any atom is 0.290 e. The molecule has 1 aromatic carbocycles. The Balaban J connectivity index is 0.00000103. The topological polar surface area (TPSA) is 121 Å². The highest BCUT2D eigenvalue weighted by Crippen LogP contribution is 2.23. The van der Waals surface area contributed by atoms with Gasteiger partial charge in [-0.25, -0.2) is 0 Å². The first-order valence-electron chi connectivity index (χ1n) is 11.4. The lowest BCUT2D eigenvalue weighted by atomic mass is 10.00. The van der Waals surface area contributed by atoms with Gasteiger partial charge in [-0.3, -0.25) is 19.2 Å². The largest absolute Gasteiger partial charge is 0.483 e. The number of nitrogens with one attached hydrogen (secondary N) is 2. The maximum atomic E-state index is 13.0. The lowest BCUT2D eigenvalue weighted by molar-refractivity contribution is -0.126. The molecule has 2 heterocycles. The molecule has 0 unspecified atom stereocenters. The maximum absolute atomic E-state index is 13.0. The van der Waals surface area contributed by atoms with E-state index in [1.165, 1.54) is 21.8 Å². The number of pyridine rings is 1. The molecule has 1 aliphatic heterocycles. The Bertz CT molecular complexity index is 1060. The molecular formula is C25H32N4O5. The number of fused-ring (bicyclic) bond motifs is 1. The van der Waals surface area contributed by atoms with Gasteiger partial charge in [0.15, 0.2) is 0 Å². The standard InChI is InChI=1S/C24H30N4O3.CH2O2/c1-27-13-18(23(30)26-21-11-16-5-3-4-6-17(16)12-21)7-9-20(15-27)25-24(31)19-8-10-22(29)28(2)14-19;2-1-3/h3-6,8,10,14,18,20-21H,7,9,11-13,15H2,1-2H3,(H,25,31)(H,26,30);1H,(H,2,3)/t18-,20+;/m1./s1. The molecule has 2 atom stereocenters. The Morgan fingerprint density at radius 2 is 1.62 bits per heavy atom. The summed E-state index contributed by atoms with van der Waals surface area (Å²) in [6.07, 6.45) is 4.80. The van der Waals surface area contributed by atoms with Crippen molar-refractivity contribution < 1.29 is 19.5 Å². The van der Waals surface area contributed by atoms with Gasteiger partial charge < -0.3 is 25.2 Å². The van der Waals surface area contributed by atoms with Gasteiger partial charge in [-0.1, -0.05) is 24.3 Å². The van der Waals surface area contributed by atoms with E-state index in [9.17, 15) is 14.4 Å². The van der Waals surface area contributed by atoms with Crippen molar-refractivity contribution in [3.63, 3.8) is 0 Å². The second kappa shape index (κ2) is 11.6. The minimum atomic E-state index is -0.250. The van der Waals surface area contributed by atoms with E-state index in [0.717, 1.165) is 25.7 Å². The average molecular weight is 469 g/mol. The summed E-state index contributed by atoms with van der Waals surface area (Å²) in [5, 5.41) is 13.2. The van der Waals surface area contributed by atoms with Crippen LogP contribution < -0.4 is 16.2 Å². The number of carbonyl (C=O) groups excluding carboxylic acids is 2. The lowest BCUT2D eigenvalue weighted by Crippen LogP contribution is -2.43. The molecule has 3 N–H and O–H groups in total. The minimum Gasteiger partial charge on any atom is -0.483 e. The van der Waals surface area contributed by atoms with Crippen molar-refractivity contribution in [2.24, 2.45) is 13.0 Å². The average Bonchev–Trinajstić information content (AvgIpc) is 3.11. The zero-order valence-corrected chi connectivity index (χ0v) is 19.6. The van der Waals surface area contributed by atoms with Crippen LogP contribution in [0.2, 0.25) is 0 Å². The zero-order chi connectivity index (χ0) is 24.7. The fourth-order valence-corrected chi connectivity index (χ4v) is 4.72. The molecule has 2 aromatic rings. The first-order valence-corrected chi connectivity index (χ1v) is 11.4. The molecule has 0 spiro atoms. The van der Waals surface area contributed by atoms with Crippen LogP contribution in [0.3, 0.4) is 0 Å². The number of aromatic nitrogens is 1. The van der Waals surface area contributed by atoms with E-state index in [2.05, 4.69) is 27.7 Å². The molecule has 9 heteroatoms. The fraction of sp³-hybridized carbons (Fsp3) is 0.440. The number of benzene rings is 1. The van der Waals surface area contributed by atoms with Crippen LogP contribution in [0.1, 0.15) is 34.3 Å². The number of hydrogen-bond acceptors (Lipinski definition) is 5. The number of likely N-dealkylation sites (tertiary alicyclic amines) is 1. The summed E-state index contributed by atoms with van der Waals surface area (Å²) >= 11 is 0.